The van der Waals surface area contributed by atoms with Crippen LogP contribution in [0.4, 0.5) is 0 Å². The minimum Gasteiger partial charge on any atom is -0.381 e. The predicted molar refractivity (Wildman–Crippen MR) is 55.0 cm³/mol. The molecule has 1 heterocycles. The average molecular weight is 250 g/mol. The molecule has 13 heavy (non-hydrogen) atoms. The van der Waals surface area contributed by atoms with Crippen LogP contribution in [-0.4, -0.2) is 42.9 Å². The van der Waals surface area contributed by atoms with Gasteiger partial charge in [0.2, 0.25) is 5.91 Å². The summed E-state index contributed by atoms with van der Waals surface area (Å²) in [5.74, 6) is 0.346. The van der Waals surface area contributed by atoms with Crippen molar-refractivity contribution in [2.45, 2.75) is 12.8 Å². The van der Waals surface area contributed by atoms with E-state index in [-0.39, 0.29) is 11.8 Å². The van der Waals surface area contributed by atoms with Crippen molar-refractivity contribution >= 4 is 21.8 Å². The monoisotopic (exact) mass is 249 g/mol. The summed E-state index contributed by atoms with van der Waals surface area (Å²) in [6.07, 6.45) is 1.90. The summed E-state index contributed by atoms with van der Waals surface area (Å²) < 4.78 is 5.18. The van der Waals surface area contributed by atoms with E-state index < -0.39 is 0 Å². The highest BCUT2D eigenvalue weighted by Gasteiger charge is 2.25. The van der Waals surface area contributed by atoms with Crippen LogP contribution in [0.2, 0.25) is 0 Å². The predicted octanol–water partition coefficient (Wildman–Crippen LogP) is 1.27. The van der Waals surface area contributed by atoms with E-state index in [0.717, 1.165) is 31.3 Å². The van der Waals surface area contributed by atoms with Gasteiger partial charge in [0.25, 0.3) is 0 Å². The fraction of sp³-hybridized carbons (Fsp3) is 0.889. The maximum Gasteiger partial charge on any atom is 0.227 e. The van der Waals surface area contributed by atoms with Gasteiger partial charge in [-0.2, -0.15) is 0 Å². The fourth-order valence-electron chi connectivity index (χ4n) is 1.45. The summed E-state index contributed by atoms with van der Waals surface area (Å²) in [7, 11) is 1.86. The molecule has 1 aliphatic rings. The molecule has 1 aliphatic heterocycles. The number of halogens is 1. The number of rotatable bonds is 4. The van der Waals surface area contributed by atoms with Gasteiger partial charge in [-0.25, -0.2) is 0 Å². The maximum atomic E-state index is 11.7. The van der Waals surface area contributed by atoms with Gasteiger partial charge >= 0.3 is 0 Å². The Kier molecular flexibility index (Phi) is 4.73. The number of hydrogen-bond acceptors (Lipinski definition) is 2. The SMILES string of the molecule is CN(CCCBr)C(=O)C1CCOC1. The molecule has 0 radical (unpaired) electrons. The molecule has 0 bridgehead atoms. The van der Waals surface area contributed by atoms with Crippen molar-refractivity contribution in [1.82, 2.24) is 4.90 Å². The van der Waals surface area contributed by atoms with Gasteiger partial charge < -0.3 is 9.64 Å². The lowest BCUT2D eigenvalue weighted by Gasteiger charge is -2.19. The number of amides is 1. The summed E-state index contributed by atoms with van der Waals surface area (Å²) in [5, 5.41) is 0.950. The molecule has 1 unspecified atom stereocenters. The number of nitrogens with zero attached hydrogens (tertiary/aromatic N) is 1. The van der Waals surface area contributed by atoms with Crippen molar-refractivity contribution in [3.63, 3.8) is 0 Å². The van der Waals surface area contributed by atoms with Crippen LogP contribution in [0.25, 0.3) is 0 Å². The highest BCUT2D eigenvalue weighted by Crippen LogP contribution is 2.14. The van der Waals surface area contributed by atoms with Gasteiger partial charge in [-0.1, -0.05) is 15.9 Å². The van der Waals surface area contributed by atoms with Crippen LogP contribution >= 0.6 is 15.9 Å². The number of carbonyl (C=O) groups is 1. The molecule has 1 saturated heterocycles. The minimum atomic E-state index is 0.111. The summed E-state index contributed by atoms with van der Waals surface area (Å²) in [6.45, 7) is 2.18. The molecule has 0 saturated carbocycles. The highest BCUT2D eigenvalue weighted by atomic mass is 79.9. The lowest BCUT2D eigenvalue weighted by Crippen LogP contribution is -2.34. The largest absolute Gasteiger partial charge is 0.381 e. The van der Waals surface area contributed by atoms with Crippen LogP contribution in [0, 0.1) is 5.92 Å². The molecule has 3 nitrogen and oxygen atoms in total. The molecule has 1 rings (SSSR count). The van der Waals surface area contributed by atoms with E-state index >= 15 is 0 Å². The van der Waals surface area contributed by atoms with Gasteiger partial charge in [0, 0.05) is 25.5 Å². The standard InChI is InChI=1S/C9H16BrNO2/c1-11(5-2-4-10)9(12)8-3-6-13-7-8/h8H,2-7H2,1H3. The number of ether oxygens (including phenoxy) is 1. The number of carbonyl (C=O) groups excluding carboxylic acids is 1. The van der Waals surface area contributed by atoms with E-state index in [1.165, 1.54) is 0 Å². The third kappa shape index (κ3) is 3.27. The number of hydrogen-bond donors (Lipinski definition) is 0. The summed E-state index contributed by atoms with van der Waals surface area (Å²) in [6, 6.07) is 0. The molecule has 0 aromatic heterocycles. The van der Waals surface area contributed by atoms with Crippen LogP contribution in [0.5, 0.6) is 0 Å². The first-order valence-electron chi connectivity index (χ1n) is 4.64. The van der Waals surface area contributed by atoms with Crippen molar-refractivity contribution in [2.75, 3.05) is 32.1 Å². The normalized spacial score (nSPS) is 21.8. The van der Waals surface area contributed by atoms with E-state index in [9.17, 15) is 4.79 Å². The Labute approximate surface area is 87.6 Å². The zero-order chi connectivity index (χ0) is 9.68. The Morgan fingerprint density at radius 3 is 3.00 bits per heavy atom. The first-order valence-corrected chi connectivity index (χ1v) is 5.76. The zero-order valence-electron chi connectivity index (χ0n) is 7.96. The van der Waals surface area contributed by atoms with Gasteiger partial charge in [0.15, 0.2) is 0 Å². The van der Waals surface area contributed by atoms with E-state index in [4.69, 9.17) is 4.74 Å². The second-order valence-electron chi connectivity index (χ2n) is 3.36. The highest BCUT2D eigenvalue weighted by molar-refractivity contribution is 9.09. The van der Waals surface area contributed by atoms with Crippen molar-refractivity contribution in [3.05, 3.63) is 0 Å². The topological polar surface area (TPSA) is 29.5 Å². The van der Waals surface area contributed by atoms with Gasteiger partial charge in [0.05, 0.1) is 12.5 Å². The first-order chi connectivity index (χ1) is 6.25. The molecular weight excluding hydrogens is 234 g/mol. The van der Waals surface area contributed by atoms with E-state index in [0.29, 0.717) is 6.61 Å². The van der Waals surface area contributed by atoms with Crippen molar-refractivity contribution in [3.8, 4) is 0 Å². The fourth-order valence-corrected chi connectivity index (χ4v) is 1.70. The number of alkyl halides is 1. The van der Waals surface area contributed by atoms with Gasteiger partial charge in [0.1, 0.15) is 0 Å². The van der Waals surface area contributed by atoms with Crippen LogP contribution in [0.1, 0.15) is 12.8 Å². The molecule has 1 atom stereocenters. The van der Waals surface area contributed by atoms with Crippen molar-refractivity contribution in [2.24, 2.45) is 5.92 Å². The van der Waals surface area contributed by atoms with E-state index in [1.807, 2.05) is 7.05 Å². The van der Waals surface area contributed by atoms with Crippen LogP contribution in [0.15, 0.2) is 0 Å². The lowest BCUT2D eigenvalue weighted by atomic mass is 10.1. The molecule has 0 spiro atoms. The van der Waals surface area contributed by atoms with Gasteiger partial charge in [-0.3, -0.25) is 4.79 Å². The Balaban J connectivity index is 2.28. The Morgan fingerprint density at radius 1 is 1.69 bits per heavy atom. The molecule has 1 amide bonds. The molecule has 0 aromatic carbocycles. The van der Waals surface area contributed by atoms with Crippen molar-refractivity contribution < 1.29 is 9.53 Å². The molecule has 76 valence electrons. The minimum absolute atomic E-state index is 0.111. The smallest absolute Gasteiger partial charge is 0.227 e. The Morgan fingerprint density at radius 2 is 2.46 bits per heavy atom. The first kappa shape index (κ1) is 11.0. The van der Waals surface area contributed by atoms with Crippen molar-refractivity contribution in [1.29, 1.82) is 0 Å². The van der Waals surface area contributed by atoms with Gasteiger partial charge in [-0.05, 0) is 12.8 Å². The van der Waals surface area contributed by atoms with Crippen LogP contribution in [-0.2, 0) is 9.53 Å². The molecular formula is C9H16BrNO2. The van der Waals surface area contributed by atoms with E-state index in [2.05, 4.69) is 15.9 Å². The summed E-state index contributed by atoms with van der Waals surface area (Å²) >= 11 is 3.35. The average Bonchev–Trinajstić information content (AvgIpc) is 2.65. The third-order valence-electron chi connectivity index (χ3n) is 2.28. The molecule has 4 heteroatoms. The van der Waals surface area contributed by atoms with Crippen LogP contribution < -0.4 is 0 Å². The molecule has 0 aromatic rings. The maximum absolute atomic E-state index is 11.7. The lowest BCUT2D eigenvalue weighted by molar-refractivity contribution is -0.134. The third-order valence-corrected chi connectivity index (χ3v) is 2.84. The second-order valence-corrected chi connectivity index (χ2v) is 4.16. The Bertz CT molecular complexity index is 169. The zero-order valence-corrected chi connectivity index (χ0v) is 9.55. The summed E-state index contributed by atoms with van der Waals surface area (Å²) in [4.78, 5) is 13.5. The van der Waals surface area contributed by atoms with E-state index in [1.54, 1.807) is 4.90 Å². The summed E-state index contributed by atoms with van der Waals surface area (Å²) in [5.41, 5.74) is 0. The second kappa shape index (κ2) is 5.60. The molecule has 1 fully saturated rings. The van der Waals surface area contributed by atoms with Crippen LogP contribution in [0.3, 0.4) is 0 Å². The quantitative estimate of drug-likeness (QED) is 0.703. The molecule has 0 N–H and O–H groups in total. The molecule has 0 aliphatic carbocycles. The van der Waals surface area contributed by atoms with Gasteiger partial charge in [-0.15, -0.1) is 0 Å². The Hall–Kier alpha value is -0.0900.